The summed E-state index contributed by atoms with van der Waals surface area (Å²) in [4.78, 5) is 10.6. The largest absolute Gasteiger partial charge is 0.465 e. The summed E-state index contributed by atoms with van der Waals surface area (Å²) in [7, 11) is 0.881. The molecule has 1 aromatic carbocycles. The lowest BCUT2D eigenvalue weighted by molar-refractivity contribution is -0.0529. The predicted octanol–water partition coefficient (Wildman–Crippen LogP) is 3.56. The van der Waals surface area contributed by atoms with Crippen molar-refractivity contribution in [1.82, 2.24) is 0 Å². The van der Waals surface area contributed by atoms with Crippen LogP contribution < -0.4 is 4.74 Å². The van der Waals surface area contributed by atoms with Crippen LogP contribution >= 0.6 is 11.8 Å². The van der Waals surface area contributed by atoms with Gasteiger partial charge in [0.2, 0.25) is 0 Å². The van der Waals surface area contributed by atoms with Gasteiger partial charge in [-0.15, -0.1) is 0 Å². The molecular weight excluding hydrogens is 321 g/mol. The summed E-state index contributed by atoms with van der Waals surface area (Å²) < 4.78 is 70.3. The average Bonchev–Trinajstić information content (AvgIpc) is 2.37. The van der Waals surface area contributed by atoms with Gasteiger partial charge in [-0.25, -0.2) is 4.79 Å². The van der Waals surface area contributed by atoms with Crippen molar-refractivity contribution in [3.8, 4) is 11.8 Å². The van der Waals surface area contributed by atoms with Crippen molar-refractivity contribution >= 4 is 17.7 Å². The molecule has 0 aliphatic rings. The van der Waals surface area contributed by atoms with Gasteiger partial charge in [-0.2, -0.15) is 27.2 Å². The molecule has 0 amide bonds. The van der Waals surface area contributed by atoms with Crippen molar-refractivity contribution in [3.63, 3.8) is 0 Å². The van der Waals surface area contributed by atoms with Crippen LogP contribution in [0.4, 0.5) is 22.0 Å². The lowest BCUT2D eigenvalue weighted by atomic mass is 10.1. The lowest BCUT2D eigenvalue weighted by Crippen LogP contribution is -2.12. The van der Waals surface area contributed by atoms with E-state index in [-0.39, 0.29) is 0 Å². The third-order valence-corrected chi connectivity index (χ3v) is 2.91. The summed E-state index contributed by atoms with van der Waals surface area (Å²) in [6.45, 7) is -3.39. The second-order valence-electron chi connectivity index (χ2n) is 3.35. The van der Waals surface area contributed by atoms with Crippen LogP contribution in [0.2, 0.25) is 0 Å². The SMILES string of the molecule is COC(=O)c1c(C#N)ccc(OC(F)F)c1SC(F)(F)F. The molecule has 0 N–H and O–H groups in total. The van der Waals surface area contributed by atoms with Crippen molar-refractivity contribution in [2.24, 2.45) is 0 Å². The van der Waals surface area contributed by atoms with Gasteiger partial charge >= 0.3 is 18.1 Å². The van der Waals surface area contributed by atoms with Crippen molar-refractivity contribution in [2.75, 3.05) is 7.11 Å². The number of nitriles is 1. The first-order chi connectivity index (χ1) is 9.69. The van der Waals surface area contributed by atoms with Crippen LogP contribution in [0.15, 0.2) is 17.0 Å². The quantitative estimate of drug-likeness (QED) is 0.481. The van der Waals surface area contributed by atoms with Gasteiger partial charge in [0.15, 0.2) is 0 Å². The molecule has 0 atom stereocenters. The maximum Gasteiger partial charge on any atom is 0.446 e. The number of benzene rings is 1. The number of nitrogens with zero attached hydrogens (tertiary/aromatic N) is 1. The number of ether oxygens (including phenoxy) is 2. The number of hydrogen-bond donors (Lipinski definition) is 0. The van der Waals surface area contributed by atoms with Gasteiger partial charge in [-0.1, -0.05) is 0 Å². The Morgan fingerprint density at radius 3 is 2.43 bits per heavy atom. The zero-order valence-corrected chi connectivity index (χ0v) is 11.0. The lowest BCUT2D eigenvalue weighted by Gasteiger charge is -2.15. The minimum Gasteiger partial charge on any atom is -0.465 e. The highest BCUT2D eigenvalue weighted by Crippen LogP contribution is 2.44. The molecule has 1 rings (SSSR count). The minimum atomic E-state index is -4.88. The van der Waals surface area contributed by atoms with Crippen molar-refractivity contribution in [2.45, 2.75) is 17.0 Å². The monoisotopic (exact) mass is 327 g/mol. The second-order valence-corrected chi connectivity index (χ2v) is 4.42. The van der Waals surface area contributed by atoms with Crippen LogP contribution in [-0.4, -0.2) is 25.2 Å². The number of halogens is 5. The predicted molar refractivity (Wildman–Crippen MR) is 61.0 cm³/mol. The van der Waals surface area contributed by atoms with Crippen molar-refractivity contribution in [1.29, 1.82) is 5.26 Å². The van der Waals surface area contributed by atoms with Crippen molar-refractivity contribution < 1.29 is 36.2 Å². The minimum absolute atomic E-state index is 0.449. The van der Waals surface area contributed by atoms with Gasteiger partial charge < -0.3 is 9.47 Å². The normalized spacial score (nSPS) is 11.1. The highest BCUT2D eigenvalue weighted by Gasteiger charge is 2.35. The zero-order valence-electron chi connectivity index (χ0n) is 10.2. The number of esters is 1. The Balaban J connectivity index is 3.54. The molecule has 0 heterocycles. The van der Waals surface area contributed by atoms with Crippen LogP contribution in [0.3, 0.4) is 0 Å². The van der Waals surface area contributed by atoms with E-state index < -0.39 is 51.6 Å². The number of rotatable bonds is 4. The summed E-state index contributed by atoms with van der Waals surface area (Å²) in [5, 5.41) is 8.82. The number of methoxy groups -OCH3 is 1. The van der Waals surface area contributed by atoms with Crippen LogP contribution in [0, 0.1) is 11.3 Å². The molecule has 0 fully saturated rings. The Bertz CT molecular complexity index is 582. The third-order valence-electron chi connectivity index (χ3n) is 2.07. The summed E-state index contributed by atoms with van der Waals surface area (Å²) in [6.07, 6.45) is 0. The topological polar surface area (TPSA) is 59.3 Å². The van der Waals surface area contributed by atoms with E-state index in [1.54, 1.807) is 0 Å². The molecule has 0 saturated heterocycles. The zero-order chi connectivity index (χ0) is 16.2. The summed E-state index contributed by atoms with van der Waals surface area (Å²) in [5.74, 6) is -2.13. The van der Waals surface area contributed by atoms with Crippen LogP contribution in [0.1, 0.15) is 15.9 Å². The fourth-order valence-electron chi connectivity index (χ4n) is 1.37. The Hall–Kier alpha value is -2.02. The van der Waals surface area contributed by atoms with Crippen LogP contribution in [-0.2, 0) is 4.74 Å². The molecule has 0 spiro atoms. The molecule has 10 heteroatoms. The molecular formula is C11H6F5NO3S. The number of carbonyl (C=O) groups excluding carboxylic acids is 1. The highest BCUT2D eigenvalue weighted by molar-refractivity contribution is 8.00. The van der Waals surface area contributed by atoms with E-state index in [2.05, 4.69) is 9.47 Å². The van der Waals surface area contributed by atoms with Gasteiger partial charge in [0.05, 0.1) is 23.1 Å². The molecule has 0 aliphatic carbocycles. The maximum absolute atomic E-state index is 12.5. The second kappa shape index (κ2) is 6.62. The molecule has 0 bridgehead atoms. The van der Waals surface area contributed by atoms with Gasteiger partial charge in [0.1, 0.15) is 11.8 Å². The van der Waals surface area contributed by atoms with E-state index >= 15 is 0 Å². The number of alkyl halides is 5. The Labute approximate surface area is 119 Å². The summed E-state index contributed by atoms with van der Waals surface area (Å²) in [5.41, 5.74) is -6.10. The fourth-order valence-corrected chi connectivity index (χ4v) is 2.11. The van der Waals surface area contributed by atoms with E-state index in [9.17, 15) is 26.7 Å². The molecule has 21 heavy (non-hydrogen) atoms. The van der Waals surface area contributed by atoms with Gasteiger partial charge in [0, 0.05) is 0 Å². The standard InChI is InChI=1S/C11H6F5NO3S/c1-19-9(18)7-5(4-17)2-3-6(20-10(12)13)8(7)21-11(14,15)16/h2-3,10H,1H3. The first kappa shape index (κ1) is 17.0. The Morgan fingerprint density at radius 1 is 1.38 bits per heavy atom. The van der Waals surface area contributed by atoms with Crippen LogP contribution in [0.5, 0.6) is 5.75 Å². The van der Waals surface area contributed by atoms with Crippen LogP contribution in [0.25, 0.3) is 0 Å². The number of thioether (sulfide) groups is 1. The maximum atomic E-state index is 12.5. The molecule has 0 unspecified atom stereocenters. The van der Waals surface area contributed by atoms with Gasteiger partial charge in [-0.05, 0) is 23.9 Å². The molecule has 0 radical (unpaired) electrons. The smallest absolute Gasteiger partial charge is 0.446 e. The van der Waals surface area contributed by atoms with E-state index in [0.717, 1.165) is 19.2 Å². The molecule has 0 aliphatic heterocycles. The first-order valence-corrected chi connectivity index (χ1v) is 5.87. The number of hydrogen-bond acceptors (Lipinski definition) is 5. The highest BCUT2D eigenvalue weighted by atomic mass is 32.2. The molecule has 1 aromatic rings. The van der Waals surface area contributed by atoms with Gasteiger partial charge in [-0.3, -0.25) is 0 Å². The van der Waals surface area contributed by atoms with Crippen molar-refractivity contribution in [3.05, 3.63) is 23.3 Å². The summed E-state index contributed by atoms with van der Waals surface area (Å²) in [6, 6.07) is 3.14. The van der Waals surface area contributed by atoms with E-state index in [4.69, 9.17) is 5.26 Å². The first-order valence-electron chi connectivity index (χ1n) is 5.05. The van der Waals surface area contributed by atoms with Gasteiger partial charge in [0.25, 0.3) is 0 Å². The average molecular weight is 327 g/mol. The molecule has 4 nitrogen and oxygen atoms in total. The van der Waals surface area contributed by atoms with E-state index in [1.807, 2.05) is 0 Å². The molecule has 0 saturated carbocycles. The number of carbonyl (C=O) groups is 1. The third kappa shape index (κ3) is 4.49. The molecule has 0 aromatic heterocycles. The summed E-state index contributed by atoms with van der Waals surface area (Å²) >= 11 is -0.841. The Morgan fingerprint density at radius 2 is 2.00 bits per heavy atom. The molecule has 114 valence electrons. The fraction of sp³-hybridized carbons (Fsp3) is 0.273. The van der Waals surface area contributed by atoms with E-state index in [1.165, 1.54) is 6.07 Å². The Kier molecular flexibility index (Phi) is 5.37. The van der Waals surface area contributed by atoms with E-state index in [0.29, 0.717) is 0 Å².